The highest BCUT2D eigenvalue weighted by Crippen LogP contribution is 2.30. The Morgan fingerprint density at radius 1 is 1.32 bits per heavy atom. The molecule has 0 saturated carbocycles. The fourth-order valence-corrected chi connectivity index (χ4v) is 2.85. The van der Waals surface area contributed by atoms with Gasteiger partial charge < -0.3 is 9.47 Å². The van der Waals surface area contributed by atoms with E-state index < -0.39 is 0 Å². The summed E-state index contributed by atoms with van der Waals surface area (Å²) < 4.78 is 12.8. The second kappa shape index (κ2) is 8.60. The van der Waals surface area contributed by atoms with Gasteiger partial charge in [-0.05, 0) is 19.1 Å². The summed E-state index contributed by atoms with van der Waals surface area (Å²) in [5.74, 6) is 2.41. The zero-order valence-corrected chi connectivity index (χ0v) is 13.8. The summed E-state index contributed by atoms with van der Waals surface area (Å²) in [6.45, 7) is 7.89. The lowest BCUT2D eigenvalue weighted by molar-refractivity contribution is 0.164. The third-order valence-corrected chi connectivity index (χ3v) is 3.97. The maximum atomic E-state index is 5.42. The predicted molar refractivity (Wildman–Crippen MR) is 89.4 cm³/mol. The Hall–Kier alpha value is -1.79. The first-order valence-electron chi connectivity index (χ1n) is 7.19. The molecule has 0 fully saturated rings. The van der Waals surface area contributed by atoms with E-state index in [1.807, 2.05) is 41.8 Å². The SMILES string of the molecule is C=CCn1c(SCCOCC)nnc1-c1ccccc1OC. The Bertz CT molecular complexity index is 613. The first-order chi connectivity index (χ1) is 10.8. The highest BCUT2D eigenvalue weighted by atomic mass is 32.2. The van der Waals surface area contributed by atoms with Crippen molar-refractivity contribution in [1.82, 2.24) is 14.8 Å². The minimum atomic E-state index is 0.650. The van der Waals surface area contributed by atoms with Gasteiger partial charge in [0, 0.05) is 18.9 Å². The molecule has 6 heteroatoms. The van der Waals surface area contributed by atoms with Crippen molar-refractivity contribution in [2.24, 2.45) is 0 Å². The number of allylic oxidation sites excluding steroid dienone is 1. The van der Waals surface area contributed by atoms with Crippen molar-refractivity contribution < 1.29 is 9.47 Å². The van der Waals surface area contributed by atoms with Gasteiger partial charge >= 0.3 is 0 Å². The van der Waals surface area contributed by atoms with Crippen LogP contribution in [0.5, 0.6) is 5.75 Å². The molecule has 0 amide bonds. The lowest BCUT2D eigenvalue weighted by atomic mass is 10.2. The van der Waals surface area contributed by atoms with E-state index in [2.05, 4.69) is 16.8 Å². The fraction of sp³-hybridized carbons (Fsp3) is 0.375. The standard InChI is InChI=1S/C16H21N3O2S/c1-4-10-19-15(13-8-6-7-9-14(13)20-3)17-18-16(19)22-12-11-21-5-2/h4,6-9H,1,5,10-12H2,2-3H3. The molecule has 22 heavy (non-hydrogen) atoms. The average Bonchev–Trinajstić information content (AvgIpc) is 2.94. The van der Waals surface area contributed by atoms with Crippen LogP contribution in [0.3, 0.4) is 0 Å². The summed E-state index contributed by atoms with van der Waals surface area (Å²) in [4.78, 5) is 0. The topological polar surface area (TPSA) is 49.2 Å². The van der Waals surface area contributed by atoms with Crippen molar-refractivity contribution in [3.05, 3.63) is 36.9 Å². The lowest BCUT2D eigenvalue weighted by Gasteiger charge is -2.10. The van der Waals surface area contributed by atoms with Crippen LogP contribution >= 0.6 is 11.8 Å². The molecule has 1 heterocycles. The number of ether oxygens (including phenoxy) is 2. The van der Waals surface area contributed by atoms with E-state index in [1.165, 1.54) is 0 Å². The molecule has 0 saturated heterocycles. The van der Waals surface area contributed by atoms with E-state index in [4.69, 9.17) is 9.47 Å². The van der Waals surface area contributed by atoms with Crippen molar-refractivity contribution in [2.45, 2.75) is 18.6 Å². The summed E-state index contributed by atoms with van der Waals surface area (Å²) in [7, 11) is 1.66. The number of methoxy groups -OCH3 is 1. The number of hydrogen-bond donors (Lipinski definition) is 0. The first-order valence-corrected chi connectivity index (χ1v) is 8.18. The third-order valence-electron chi connectivity index (χ3n) is 3.04. The molecule has 0 aliphatic rings. The zero-order valence-electron chi connectivity index (χ0n) is 13.0. The molecule has 0 aliphatic carbocycles. The number of para-hydroxylation sites is 1. The van der Waals surface area contributed by atoms with E-state index in [0.717, 1.165) is 34.7 Å². The third kappa shape index (κ3) is 3.90. The van der Waals surface area contributed by atoms with Gasteiger partial charge in [-0.2, -0.15) is 0 Å². The van der Waals surface area contributed by atoms with Crippen LogP contribution in [0.25, 0.3) is 11.4 Å². The van der Waals surface area contributed by atoms with Crippen LogP contribution in [0, 0.1) is 0 Å². The fourth-order valence-electron chi connectivity index (χ4n) is 2.05. The van der Waals surface area contributed by atoms with E-state index in [1.54, 1.807) is 18.9 Å². The molecule has 0 spiro atoms. The maximum Gasteiger partial charge on any atom is 0.191 e. The molecule has 0 N–H and O–H groups in total. The number of hydrogen-bond acceptors (Lipinski definition) is 5. The second-order valence-electron chi connectivity index (χ2n) is 4.45. The van der Waals surface area contributed by atoms with Crippen LogP contribution in [0.4, 0.5) is 0 Å². The average molecular weight is 319 g/mol. The van der Waals surface area contributed by atoms with Crippen LogP contribution in [0.15, 0.2) is 42.1 Å². The first kappa shape index (κ1) is 16.6. The zero-order chi connectivity index (χ0) is 15.8. The quantitative estimate of drug-likeness (QED) is 0.403. The molecule has 1 aromatic heterocycles. The Labute approximate surface area is 135 Å². The molecular weight excluding hydrogens is 298 g/mol. The molecule has 0 aliphatic heterocycles. The van der Waals surface area contributed by atoms with Gasteiger partial charge in [-0.15, -0.1) is 16.8 Å². The summed E-state index contributed by atoms with van der Waals surface area (Å²) in [6, 6.07) is 7.81. The van der Waals surface area contributed by atoms with Crippen LogP contribution < -0.4 is 4.74 Å². The number of nitrogens with zero attached hydrogens (tertiary/aromatic N) is 3. The van der Waals surface area contributed by atoms with Gasteiger partial charge in [-0.25, -0.2) is 0 Å². The maximum absolute atomic E-state index is 5.42. The molecule has 0 atom stereocenters. The summed E-state index contributed by atoms with van der Waals surface area (Å²) in [5, 5.41) is 9.50. The van der Waals surface area contributed by atoms with Crippen LogP contribution in [-0.4, -0.2) is 40.8 Å². The van der Waals surface area contributed by atoms with Gasteiger partial charge in [0.15, 0.2) is 11.0 Å². The highest BCUT2D eigenvalue weighted by Gasteiger charge is 2.16. The Morgan fingerprint density at radius 3 is 2.86 bits per heavy atom. The number of aromatic nitrogens is 3. The second-order valence-corrected chi connectivity index (χ2v) is 5.51. The Kier molecular flexibility index (Phi) is 6.48. The molecule has 1 aromatic carbocycles. The van der Waals surface area contributed by atoms with Crippen molar-refractivity contribution in [3.63, 3.8) is 0 Å². The molecule has 0 radical (unpaired) electrons. The minimum Gasteiger partial charge on any atom is -0.496 e. The molecular formula is C16H21N3O2S. The Morgan fingerprint density at radius 2 is 2.14 bits per heavy atom. The molecule has 5 nitrogen and oxygen atoms in total. The van der Waals surface area contributed by atoms with Gasteiger partial charge in [0.2, 0.25) is 0 Å². The van der Waals surface area contributed by atoms with Crippen LogP contribution in [0.2, 0.25) is 0 Å². The normalized spacial score (nSPS) is 10.6. The van der Waals surface area contributed by atoms with Crippen molar-refractivity contribution in [2.75, 3.05) is 26.1 Å². The summed E-state index contributed by atoms with van der Waals surface area (Å²) in [5.41, 5.74) is 0.927. The predicted octanol–water partition coefficient (Wildman–Crippen LogP) is 3.27. The minimum absolute atomic E-state index is 0.650. The lowest BCUT2D eigenvalue weighted by Crippen LogP contribution is -2.03. The van der Waals surface area contributed by atoms with E-state index in [0.29, 0.717) is 13.2 Å². The largest absolute Gasteiger partial charge is 0.496 e. The molecule has 0 bridgehead atoms. The highest BCUT2D eigenvalue weighted by molar-refractivity contribution is 7.99. The van der Waals surface area contributed by atoms with Crippen LogP contribution in [0.1, 0.15) is 6.92 Å². The Balaban J connectivity index is 2.27. The number of rotatable bonds is 9. The number of thioether (sulfide) groups is 1. The summed E-state index contributed by atoms with van der Waals surface area (Å²) >= 11 is 1.63. The monoisotopic (exact) mass is 319 g/mol. The molecule has 2 aromatic rings. The van der Waals surface area contributed by atoms with Gasteiger partial charge in [0.25, 0.3) is 0 Å². The van der Waals surface area contributed by atoms with E-state index in [-0.39, 0.29) is 0 Å². The van der Waals surface area contributed by atoms with E-state index in [9.17, 15) is 0 Å². The molecule has 2 rings (SSSR count). The van der Waals surface area contributed by atoms with Gasteiger partial charge in [0.1, 0.15) is 5.75 Å². The summed E-state index contributed by atoms with van der Waals surface area (Å²) in [6.07, 6.45) is 1.84. The smallest absolute Gasteiger partial charge is 0.191 e. The van der Waals surface area contributed by atoms with Crippen LogP contribution in [-0.2, 0) is 11.3 Å². The number of benzene rings is 1. The van der Waals surface area contributed by atoms with Crippen molar-refractivity contribution in [1.29, 1.82) is 0 Å². The van der Waals surface area contributed by atoms with Gasteiger partial charge in [-0.1, -0.05) is 30.0 Å². The van der Waals surface area contributed by atoms with Crippen molar-refractivity contribution in [3.8, 4) is 17.1 Å². The van der Waals surface area contributed by atoms with Gasteiger partial charge in [0.05, 0.1) is 19.3 Å². The van der Waals surface area contributed by atoms with E-state index >= 15 is 0 Å². The molecule has 118 valence electrons. The van der Waals surface area contributed by atoms with Crippen molar-refractivity contribution >= 4 is 11.8 Å². The van der Waals surface area contributed by atoms with Gasteiger partial charge in [-0.3, -0.25) is 4.57 Å². The molecule has 0 unspecified atom stereocenters.